The third-order valence-corrected chi connectivity index (χ3v) is 4.75. The fourth-order valence-electron chi connectivity index (χ4n) is 3.58. The zero-order valence-corrected chi connectivity index (χ0v) is 12.2. The fraction of sp³-hybridized carbons (Fsp3) is 0.529. The molecule has 114 valence electrons. The summed E-state index contributed by atoms with van der Waals surface area (Å²) in [6, 6.07) is 6.77. The number of likely N-dealkylation sites (N-methyl/N-ethyl adjacent to an activating group) is 1. The van der Waals surface area contributed by atoms with Crippen LogP contribution in [0.4, 0.5) is 13.2 Å². The highest BCUT2D eigenvalue weighted by atomic mass is 19.4. The number of benzene rings is 1. The highest BCUT2D eigenvalue weighted by Gasteiger charge is 2.32. The first kappa shape index (κ1) is 14.6. The second-order valence-electron chi connectivity index (χ2n) is 6.22. The van der Waals surface area contributed by atoms with Gasteiger partial charge in [-0.25, -0.2) is 0 Å². The maximum Gasteiger partial charge on any atom is 0.416 e. The molecule has 2 heterocycles. The molecule has 2 bridgehead atoms. The standard InChI is InChI=1S/C17H20F3N/c1-21-15-6-3-7-16(21)11-13(10-15)8-12-4-2-5-14(9-12)17(18,19)20/h2,4-5,9-10,15-16H,3,6-8,11H2,1H3. The van der Waals surface area contributed by atoms with Crippen molar-refractivity contribution in [2.45, 2.75) is 50.4 Å². The van der Waals surface area contributed by atoms with Gasteiger partial charge in [0, 0.05) is 12.1 Å². The number of fused-ring (bicyclic) bond motifs is 2. The summed E-state index contributed by atoms with van der Waals surface area (Å²) in [6.07, 6.45) is 3.27. The van der Waals surface area contributed by atoms with Crippen molar-refractivity contribution in [2.75, 3.05) is 7.05 Å². The van der Waals surface area contributed by atoms with Crippen LogP contribution in [0.15, 0.2) is 35.9 Å². The molecule has 0 amide bonds. The molecule has 0 aromatic heterocycles. The van der Waals surface area contributed by atoms with Gasteiger partial charge < -0.3 is 0 Å². The van der Waals surface area contributed by atoms with Crippen LogP contribution in [0.3, 0.4) is 0 Å². The van der Waals surface area contributed by atoms with Crippen LogP contribution >= 0.6 is 0 Å². The Morgan fingerprint density at radius 3 is 2.76 bits per heavy atom. The van der Waals surface area contributed by atoms with Crippen LogP contribution in [0.25, 0.3) is 0 Å². The normalized spacial score (nSPS) is 26.6. The van der Waals surface area contributed by atoms with Crippen molar-refractivity contribution in [1.29, 1.82) is 0 Å². The Bertz CT molecular complexity index is 547. The molecule has 2 atom stereocenters. The summed E-state index contributed by atoms with van der Waals surface area (Å²) in [6.45, 7) is 0. The van der Waals surface area contributed by atoms with E-state index in [0.717, 1.165) is 18.1 Å². The lowest BCUT2D eigenvalue weighted by atomic mass is 9.83. The Labute approximate surface area is 123 Å². The monoisotopic (exact) mass is 295 g/mol. The van der Waals surface area contributed by atoms with E-state index in [9.17, 15) is 13.2 Å². The number of rotatable bonds is 2. The van der Waals surface area contributed by atoms with Crippen LogP contribution in [0.2, 0.25) is 0 Å². The van der Waals surface area contributed by atoms with Gasteiger partial charge in [-0.05, 0) is 44.4 Å². The summed E-state index contributed by atoms with van der Waals surface area (Å²) in [5.74, 6) is 0. The molecule has 21 heavy (non-hydrogen) atoms. The molecule has 1 saturated heterocycles. The molecule has 0 aliphatic carbocycles. The predicted molar refractivity (Wildman–Crippen MR) is 77.0 cm³/mol. The molecule has 2 unspecified atom stereocenters. The Hall–Kier alpha value is -1.29. The van der Waals surface area contributed by atoms with E-state index in [-0.39, 0.29) is 0 Å². The highest BCUT2D eigenvalue weighted by Crippen LogP contribution is 2.34. The Morgan fingerprint density at radius 1 is 1.24 bits per heavy atom. The van der Waals surface area contributed by atoms with E-state index in [0.29, 0.717) is 18.5 Å². The molecule has 0 N–H and O–H groups in total. The summed E-state index contributed by atoms with van der Waals surface area (Å²) in [4.78, 5) is 2.42. The minimum atomic E-state index is -4.26. The summed E-state index contributed by atoms with van der Waals surface area (Å²) in [5.41, 5.74) is 1.51. The van der Waals surface area contributed by atoms with Crippen LogP contribution in [0.5, 0.6) is 0 Å². The van der Waals surface area contributed by atoms with Crippen LogP contribution in [-0.2, 0) is 12.6 Å². The fourth-order valence-corrected chi connectivity index (χ4v) is 3.58. The van der Waals surface area contributed by atoms with Crippen molar-refractivity contribution in [3.05, 3.63) is 47.0 Å². The van der Waals surface area contributed by atoms with Gasteiger partial charge in [-0.3, -0.25) is 4.90 Å². The quantitative estimate of drug-likeness (QED) is 0.730. The van der Waals surface area contributed by atoms with E-state index >= 15 is 0 Å². The third-order valence-electron chi connectivity index (χ3n) is 4.75. The second-order valence-corrected chi connectivity index (χ2v) is 6.22. The van der Waals surface area contributed by atoms with Crippen molar-refractivity contribution < 1.29 is 13.2 Å². The van der Waals surface area contributed by atoms with Gasteiger partial charge in [0.1, 0.15) is 0 Å². The van der Waals surface area contributed by atoms with E-state index in [1.54, 1.807) is 6.07 Å². The van der Waals surface area contributed by atoms with E-state index in [2.05, 4.69) is 18.0 Å². The van der Waals surface area contributed by atoms with Gasteiger partial charge in [0.05, 0.1) is 5.56 Å². The van der Waals surface area contributed by atoms with E-state index in [4.69, 9.17) is 0 Å². The molecule has 3 rings (SSSR count). The number of hydrogen-bond acceptors (Lipinski definition) is 1. The molecule has 4 heteroatoms. The Morgan fingerprint density at radius 2 is 2.05 bits per heavy atom. The first-order valence-electron chi connectivity index (χ1n) is 7.51. The molecular formula is C17H20F3N. The minimum absolute atomic E-state index is 0.471. The lowest BCUT2D eigenvalue weighted by Gasteiger charge is -2.42. The third kappa shape index (κ3) is 3.15. The molecule has 2 aliphatic rings. The number of piperidine rings is 1. The summed E-state index contributed by atoms with van der Waals surface area (Å²) in [7, 11) is 2.16. The Kier molecular flexibility index (Phi) is 3.82. The van der Waals surface area contributed by atoms with Crippen molar-refractivity contribution in [3.63, 3.8) is 0 Å². The molecule has 0 radical (unpaired) electrons. The maximum absolute atomic E-state index is 12.8. The zero-order chi connectivity index (χ0) is 15.0. The van der Waals surface area contributed by atoms with E-state index in [1.165, 1.54) is 37.0 Å². The topological polar surface area (TPSA) is 3.24 Å². The van der Waals surface area contributed by atoms with Gasteiger partial charge in [0.2, 0.25) is 0 Å². The van der Waals surface area contributed by atoms with Crippen molar-refractivity contribution >= 4 is 0 Å². The van der Waals surface area contributed by atoms with Crippen LogP contribution in [-0.4, -0.2) is 24.0 Å². The number of hydrogen-bond donors (Lipinski definition) is 0. The zero-order valence-electron chi connectivity index (χ0n) is 12.2. The average molecular weight is 295 g/mol. The molecule has 0 spiro atoms. The van der Waals surface area contributed by atoms with Gasteiger partial charge in [-0.1, -0.05) is 36.3 Å². The second kappa shape index (κ2) is 5.48. The van der Waals surface area contributed by atoms with Crippen molar-refractivity contribution in [3.8, 4) is 0 Å². The van der Waals surface area contributed by atoms with Crippen LogP contribution < -0.4 is 0 Å². The highest BCUT2D eigenvalue weighted by molar-refractivity contribution is 5.30. The van der Waals surface area contributed by atoms with Gasteiger partial charge >= 0.3 is 6.18 Å². The first-order chi connectivity index (χ1) is 9.93. The smallest absolute Gasteiger partial charge is 0.297 e. The van der Waals surface area contributed by atoms with Crippen LogP contribution in [0.1, 0.15) is 36.8 Å². The molecule has 0 saturated carbocycles. The lowest BCUT2D eigenvalue weighted by Crippen LogP contribution is -2.46. The molecule has 2 aliphatic heterocycles. The molecule has 1 aromatic carbocycles. The largest absolute Gasteiger partial charge is 0.416 e. The summed E-state index contributed by atoms with van der Waals surface area (Å²) in [5, 5.41) is 0. The van der Waals surface area contributed by atoms with Gasteiger partial charge in [-0.15, -0.1) is 0 Å². The number of nitrogens with zero attached hydrogens (tertiary/aromatic N) is 1. The van der Waals surface area contributed by atoms with Gasteiger partial charge in [0.15, 0.2) is 0 Å². The first-order valence-corrected chi connectivity index (χ1v) is 7.51. The number of alkyl halides is 3. The predicted octanol–water partition coefficient (Wildman–Crippen LogP) is 4.43. The Balaban J connectivity index is 1.78. The minimum Gasteiger partial charge on any atom is -0.297 e. The number of halogens is 3. The van der Waals surface area contributed by atoms with Gasteiger partial charge in [0.25, 0.3) is 0 Å². The van der Waals surface area contributed by atoms with Crippen LogP contribution in [0, 0.1) is 0 Å². The lowest BCUT2D eigenvalue weighted by molar-refractivity contribution is -0.137. The van der Waals surface area contributed by atoms with Crippen molar-refractivity contribution in [2.24, 2.45) is 0 Å². The summed E-state index contributed by atoms with van der Waals surface area (Å²) >= 11 is 0. The molecule has 1 fully saturated rings. The SMILES string of the molecule is CN1C2C=C(Cc3cccc(C(F)(F)F)c3)CC1CCC2. The average Bonchev–Trinajstić information content (AvgIpc) is 2.39. The molecular weight excluding hydrogens is 275 g/mol. The summed E-state index contributed by atoms with van der Waals surface area (Å²) < 4.78 is 38.3. The van der Waals surface area contributed by atoms with Gasteiger partial charge in [-0.2, -0.15) is 13.2 Å². The van der Waals surface area contributed by atoms with Crippen molar-refractivity contribution in [1.82, 2.24) is 4.90 Å². The van der Waals surface area contributed by atoms with E-state index < -0.39 is 11.7 Å². The molecule has 1 aromatic rings. The maximum atomic E-state index is 12.8. The van der Waals surface area contributed by atoms with E-state index in [1.807, 2.05) is 0 Å². The molecule has 1 nitrogen and oxygen atoms in total.